The van der Waals surface area contributed by atoms with Crippen molar-refractivity contribution in [3.05, 3.63) is 62.9 Å². The van der Waals surface area contributed by atoms with Crippen LogP contribution in [0.5, 0.6) is 11.5 Å². The van der Waals surface area contributed by atoms with E-state index in [1.165, 1.54) is 7.11 Å². The van der Waals surface area contributed by atoms with Gasteiger partial charge in [-0.1, -0.05) is 30.3 Å². The third-order valence-corrected chi connectivity index (χ3v) is 9.20. The molecule has 2 heterocycles. The Bertz CT molecular complexity index is 1410. The predicted molar refractivity (Wildman–Crippen MR) is 165 cm³/mol. The highest BCUT2D eigenvalue weighted by Crippen LogP contribution is 2.46. The first-order valence-electron chi connectivity index (χ1n) is 13.8. The Morgan fingerprint density at radius 3 is 2.45 bits per heavy atom. The van der Waals surface area contributed by atoms with Gasteiger partial charge < -0.3 is 29.6 Å². The molecule has 1 amide bonds. The third-order valence-electron chi connectivity index (χ3n) is 6.98. The Balaban J connectivity index is 1.63. The molecule has 3 aromatic rings. The van der Waals surface area contributed by atoms with E-state index < -0.39 is 18.0 Å². The van der Waals surface area contributed by atoms with Crippen LogP contribution in [-0.2, 0) is 19.1 Å². The quantitative estimate of drug-likeness (QED) is 0.245. The molecule has 2 N–H and O–H groups in total. The molecule has 0 aliphatic carbocycles. The summed E-state index contributed by atoms with van der Waals surface area (Å²) in [5.41, 5.74) is 3.51. The number of amides is 1. The fourth-order valence-electron chi connectivity index (χ4n) is 4.85. The summed E-state index contributed by atoms with van der Waals surface area (Å²) in [5, 5.41) is 6.47. The van der Waals surface area contributed by atoms with Crippen molar-refractivity contribution in [2.75, 3.05) is 38.7 Å². The minimum Gasteiger partial charge on any atom is -0.480 e. The lowest BCUT2D eigenvalue weighted by Crippen LogP contribution is -2.44. The molecule has 224 valence electrons. The Kier molecular flexibility index (Phi) is 11.0. The van der Waals surface area contributed by atoms with Gasteiger partial charge in [0.1, 0.15) is 5.75 Å². The minimum absolute atomic E-state index is 0.0292. The molecule has 42 heavy (non-hydrogen) atoms. The van der Waals surface area contributed by atoms with Crippen LogP contribution < -0.4 is 20.1 Å². The second-order valence-electron chi connectivity index (χ2n) is 9.90. The van der Waals surface area contributed by atoms with E-state index >= 15 is 0 Å². The number of carbonyl (C=O) groups excluding carboxylic acids is 3. The average Bonchev–Trinajstić information content (AvgIpc) is 3.32. The number of nitrogens with one attached hydrogen (secondary N) is 2. The molecule has 4 rings (SSSR count). The van der Waals surface area contributed by atoms with Crippen molar-refractivity contribution in [2.24, 2.45) is 5.92 Å². The zero-order valence-corrected chi connectivity index (χ0v) is 26.5. The average molecular weight is 660 g/mol. The number of anilines is 1. The molecule has 11 heteroatoms. The fourth-order valence-corrected chi connectivity index (χ4v) is 6.81. The highest BCUT2D eigenvalue weighted by molar-refractivity contribution is 9.10. The van der Waals surface area contributed by atoms with E-state index in [4.69, 9.17) is 18.9 Å². The Morgan fingerprint density at radius 2 is 1.79 bits per heavy atom. The normalized spacial score (nSPS) is 14.1. The number of benzene rings is 2. The van der Waals surface area contributed by atoms with Crippen molar-refractivity contribution < 1.29 is 33.3 Å². The number of ether oxygens (including phenoxy) is 4. The highest BCUT2D eigenvalue weighted by Gasteiger charge is 2.32. The van der Waals surface area contributed by atoms with Crippen molar-refractivity contribution in [1.82, 2.24) is 5.32 Å². The number of para-hydroxylation sites is 1. The predicted octanol–water partition coefficient (Wildman–Crippen LogP) is 5.91. The van der Waals surface area contributed by atoms with Gasteiger partial charge in [-0.25, -0.2) is 9.59 Å². The number of thiophene rings is 1. The molecule has 0 radical (unpaired) electrons. The molecule has 0 bridgehead atoms. The standard InChI is InChI=1S/C31H35BrN2O7S/c1-5-39-23(35)17-40-27-24(32)28(42-29(27)31(37)38-4)21-10-7-11-22(16-21)41-26(20-12-14-33-15-13-20)30(36)34-25-18(2)8-6-9-19(25)3/h6-11,16,20,26,33H,5,12-15,17H2,1-4H3,(H,34,36). The maximum Gasteiger partial charge on any atom is 0.351 e. The molecule has 1 unspecified atom stereocenters. The Morgan fingerprint density at radius 1 is 1.10 bits per heavy atom. The number of aryl methyl sites for hydroxylation is 2. The monoisotopic (exact) mass is 658 g/mol. The van der Waals surface area contributed by atoms with Crippen molar-refractivity contribution in [3.63, 3.8) is 0 Å². The summed E-state index contributed by atoms with van der Waals surface area (Å²) in [6.07, 6.45) is 0.914. The zero-order valence-electron chi connectivity index (χ0n) is 24.1. The second-order valence-corrected chi connectivity index (χ2v) is 11.7. The summed E-state index contributed by atoms with van der Waals surface area (Å²) in [6, 6.07) is 13.2. The molecule has 9 nitrogen and oxygen atoms in total. The van der Waals surface area contributed by atoms with Crippen LogP contribution >= 0.6 is 27.3 Å². The van der Waals surface area contributed by atoms with Crippen LogP contribution in [0, 0.1) is 19.8 Å². The van der Waals surface area contributed by atoms with Crippen LogP contribution in [0.15, 0.2) is 46.9 Å². The Labute approximate surface area is 258 Å². The van der Waals surface area contributed by atoms with Crippen molar-refractivity contribution in [1.29, 1.82) is 0 Å². The highest BCUT2D eigenvalue weighted by atomic mass is 79.9. The van der Waals surface area contributed by atoms with Crippen LogP contribution in [0.3, 0.4) is 0 Å². The zero-order chi connectivity index (χ0) is 30.2. The molecular weight excluding hydrogens is 624 g/mol. The van der Waals surface area contributed by atoms with Gasteiger partial charge in [-0.05, 0) is 91.5 Å². The summed E-state index contributed by atoms with van der Waals surface area (Å²) in [5.74, 6) is -0.589. The van der Waals surface area contributed by atoms with Gasteiger partial charge in [0.25, 0.3) is 5.91 Å². The van der Waals surface area contributed by atoms with Crippen molar-refractivity contribution in [3.8, 4) is 21.9 Å². The summed E-state index contributed by atoms with van der Waals surface area (Å²) < 4.78 is 22.5. The maximum absolute atomic E-state index is 13.7. The fraction of sp³-hybridized carbons (Fsp3) is 0.387. The first kappa shape index (κ1) is 31.5. The van der Waals surface area contributed by atoms with Gasteiger partial charge in [-0.15, -0.1) is 11.3 Å². The van der Waals surface area contributed by atoms with E-state index in [1.54, 1.807) is 6.92 Å². The SMILES string of the molecule is CCOC(=O)COc1c(C(=O)OC)sc(-c2cccc(OC(C(=O)Nc3c(C)cccc3C)C3CCNCC3)c2)c1Br. The van der Waals surface area contributed by atoms with E-state index in [-0.39, 0.29) is 35.7 Å². The lowest BCUT2D eigenvalue weighted by Gasteiger charge is -2.30. The number of halogens is 1. The van der Waals surface area contributed by atoms with Gasteiger partial charge in [-0.3, -0.25) is 4.79 Å². The summed E-state index contributed by atoms with van der Waals surface area (Å²) in [7, 11) is 1.28. The number of rotatable bonds is 11. The summed E-state index contributed by atoms with van der Waals surface area (Å²) >= 11 is 4.71. The molecule has 0 spiro atoms. The number of hydrogen-bond donors (Lipinski definition) is 2. The molecule has 1 aliphatic heterocycles. The smallest absolute Gasteiger partial charge is 0.351 e. The maximum atomic E-state index is 13.7. The van der Waals surface area contributed by atoms with Crippen LogP contribution in [0.2, 0.25) is 0 Å². The van der Waals surface area contributed by atoms with Crippen LogP contribution in [0.25, 0.3) is 10.4 Å². The van der Waals surface area contributed by atoms with E-state index in [1.807, 2.05) is 56.3 Å². The number of methoxy groups -OCH3 is 1. The molecule has 1 aromatic heterocycles. The largest absolute Gasteiger partial charge is 0.480 e. The van der Waals surface area contributed by atoms with Crippen molar-refractivity contribution >= 4 is 50.8 Å². The topological polar surface area (TPSA) is 112 Å². The van der Waals surface area contributed by atoms with Crippen LogP contribution in [0.1, 0.15) is 40.6 Å². The van der Waals surface area contributed by atoms with Gasteiger partial charge in [0, 0.05) is 11.6 Å². The number of esters is 2. The van der Waals surface area contributed by atoms with E-state index in [9.17, 15) is 14.4 Å². The lowest BCUT2D eigenvalue weighted by atomic mass is 9.91. The molecule has 1 atom stereocenters. The Hall–Kier alpha value is -3.41. The molecule has 1 aliphatic rings. The van der Waals surface area contributed by atoms with E-state index in [0.717, 1.165) is 59.6 Å². The van der Waals surface area contributed by atoms with E-state index in [0.29, 0.717) is 15.1 Å². The second kappa shape index (κ2) is 14.7. The van der Waals surface area contributed by atoms with E-state index in [2.05, 4.69) is 26.6 Å². The number of piperidine rings is 1. The molecule has 0 saturated carbocycles. The first-order chi connectivity index (χ1) is 20.2. The van der Waals surface area contributed by atoms with Gasteiger partial charge in [0.2, 0.25) is 0 Å². The van der Waals surface area contributed by atoms with Crippen LogP contribution in [-0.4, -0.2) is 57.4 Å². The van der Waals surface area contributed by atoms with Crippen molar-refractivity contribution in [2.45, 2.75) is 39.7 Å². The minimum atomic E-state index is -0.706. The number of carbonyl (C=O) groups is 3. The van der Waals surface area contributed by atoms with Gasteiger partial charge in [0.15, 0.2) is 23.3 Å². The van der Waals surface area contributed by atoms with Gasteiger partial charge in [0.05, 0.1) is 23.1 Å². The molecule has 2 aromatic carbocycles. The van der Waals surface area contributed by atoms with Crippen LogP contribution in [0.4, 0.5) is 5.69 Å². The number of hydrogen-bond acceptors (Lipinski definition) is 9. The third kappa shape index (κ3) is 7.50. The first-order valence-corrected chi connectivity index (χ1v) is 15.4. The molecular formula is C31H35BrN2O7S. The summed E-state index contributed by atoms with van der Waals surface area (Å²) in [4.78, 5) is 39.0. The molecule has 1 fully saturated rings. The molecule has 1 saturated heterocycles. The van der Waals surface area contributed by atoms with Gasteiger partial charge >= 0.3 is 11.9 Å². The summed E-state index contributed by atoms with van der Waals surface area (Å²) in [6.45, 7) is 7.13. The van der Waals surface area contributed by atoms with Gasteiger partial charge in [-0.2, -0.15) is 0 Å². The lowest BCUT2D eigenvalue weighted by molar-refractivity contribution is -0.145.